The first-order chi connectivity index (χ1) is 17.2. The number of carbonyl (C=O) groups excluding carboxylic acids is 4. The van der Waals surface area contributed by atoms with Gasteiger partial charge in [-0.2, -0.15) is 0 Å². The highest BCUT2D eigenvalue weighted by Crippen LogP contribution is 2.44. The average Bonchev–Trinajstić information content (AvgIpc) is 2.77. The number of carbonyl (C=O) groups is 5. The number of rotatable bonds is 10. The molecule has 0 spiro atoms. The first-order valence-corrected chi connectivity index (χ1v) is 11.8. The van der Waals surface area contributed by atoms with Crippen LogP contribution in [0.4, 0.5) is 0 Å². The van der Waals surface area contributed by atoms with Crippen molar-refractivity contribution in [2.45, 2.75) is 62.6 Å². The van der Waals surface area contributed by atoms with Crippen molar-refractivity contribution in [3.05, 3.63) is 35.9 Å². The standard InChI is InChI=1S/C22H27NO13S/c1-11(24)33-20(30)17-22(32,36-13(3)26)21(31,35-12(2)25)9-16(34-17)37-10-15(19(28)29)23-18(27)14-7-5-4-6-8-14/h4-8,15-17,20,30-32H,9-10H2,1-3H3,(H,23,27)(H,28,29)/t15-,16+,17+,20?,21-,22-/m0/s1. The number of aliphatic carboxylic acids is 1. The summed E-state index contributed by atoms with van der Waals surface area (Å²) in [4.78, 5) is 58.9. The van der Waals surface area contributed by atoms with Gasteiger partial charge in [-0.15, -0.1) is 11.8 Å². The number of amides is 1. The van der Waals surface area contributed by atoms with E-state index in [1.54, 1.807) is 18.2 Å². The van der Waals surface area contributed by atoms with Crippen LogP contribution in [-0.2, 0) is 38.1 Å². The van der Waals surface area contributed by atoms with Crippen molar-refractivity contribution < 1.29 is 63.3 Å². The maximum Gasteiger partial charge on any atom is 0.327 e. The summed E-state index contributed by atoms with van der Waals surface area (Å²) < 4.78 is 19.7. The van der Waals surface area contributed by atoms with Crippen LogP contribution in [0, 0.1) is 0 Å². The molecule has 1 amide bonds. The van der Waals surface area contributed by atoms with Crippen LogP contribution in [0.25, 0.3) is 0 Å². The molecule has 1 unspecified atom stereocenters. The van der Waals surface area contributed by atoms with E-state index in [1.165, 1.54) is 12.1 Å². The van der Waals surface area contributed by atoms with Crippen LogP contribution in [0.15, 0.2) is 30.3 Å². The molecule has 204 valence electrons. The second-order valence-corrected chi connectivity index (χ2v) is 9.11. The molecule has 37 heavy (non-hydrogen) atoms. The number of hydrogen-bond acceptors (Lipinski definition) is 13. The van der Waals surface area contributed by atoms with Crippen LogP contribution in [0.3, 0.4) is 0 Å². The highest BCUT2D eigenvalue weighted by atomic mass is 32.2. The summed E-state index contributed by atoms with van der Waals surface area (Å²) in [7, 11) is 0. The first-order valence-electron chi connectivity index (χ1n) is 10.7. The molecule has 1 aromatic rings. The lowest BCUT2D eigenvalue weighted by Crippen LogP contribution is -2.72. The third kappa shape index (κ3) is 7.62. The summed E-state index contributed by atoms with van der Waals surface area (Å²) in [5.74, 6) is -12.1. The van der Waals surface area contributed by atoms with E-state index < -0.39 is 71.7 Å². The quantitative estimate of drug-likeness (QED) is 0.137. The number of carboxylic acids is 1. The molecule has 1 aromatic carbocycles. The zero-order valence-corrected chi connectivity index (χ0v) is 20.8. The molecule has 2 rings (SSSR count). The second kappa shape index (κ2) is 12.3. The lowest BCUT2D eigenvalue weighted by Gasteiger charge is -2.50. The summed E-state index contributed by atoms with van der Waals surface area (Å²) in [5, 5.41) is 44.4. The Bertz CT molecular complexity index is 1020. The molecule has 0 aromatic heterocycles. The molecule has 1 aliphatic rings. The predicted octanol–water partition coefficient (Wildman–Crippen LogP) is -0.897. The highest BCUT2D eigenvalue weighted by molar-refractivity contribution is 7.99. The van der Waals surface area contributed by atoms with Crippen LogP contribution < -0.4 is 5.32 Å². The number of carboxylic acid groups (broad SMARTS) is 1. The van der Waals surface area contributed by atoms with Crippen LogP contribution >= 0.6 is 11.8 Å². The minimum absolute atomic E-state index is 0.202. The zero-order chi connectivity index (χ0) is 28.0. The molecule has 15 heteroatoms. The summed E-state index contributed by atoms with van der Waals surface area (Å²) in [5.41, 5.74) is -1.14. The van der Waals surface area contributed by atoms with Gasteiger partial charge in [0, 0.05) is 32.1 Å². The number of esters is 3. The van der Waals surface area contributed by atoms with Crippen LogP contribution in [-0.4, -0.2) is 91.4 Å². The predicted molar refractivity (Wildman–Crippen MR) is 122 cm³/mol. The van der Waals surface area contributed by atoms with Gasteiger partial charge in [-0.1, -0.05) is 18.2 Å². The Hall–Kier alpha value is -3.24. The number of ether oxygens (including phenoxy) is 4. The van der Waals surface area contributed by atoms with Crippen molar-refractivity contribution in [2.24, 2.45) is 0 Å². The van der Waals surface area contributed by atoms with Crippen molar-refractivity contribution in [2.75, 3.05) is 5.75 Å². The highest BCUT2D eigenvalue weighted by Gasteiger charge is 2.68. The van der Waals surface area contributed by atoms with Crippen LogP contribution in [0.1, 0.15) is 37.6 Å². The molecule has 0 radical (unpaired) electrons. The smallest absolute Gasteiger partial charge is 0.327 e. The molecule has 5 N–H and O–H groups in total. The van der Waals surface area contributed by atoms with Gasteiger partial charge in [0.25, 0.3) is 11.7 Å². The lowest BCUT2D eigenvalue weighted by atomic mass is 9.92. The molecule has 1 aliphatic heterocycles. The fraction of sp³-hybridized carbons (Fsp3) is 0.500. The van der Waals surface area contributed by atoms with Gasteiger partial charge in [0.2, 0.25) is 6.29 Å². The summed E-state index contributed by atoms with van der Waals surface area (Å²) in [6.07, 6.45) is -5.33. The van der Waals surface area contributed by atoms with Gasteiger partial charge in [-0.25, -0.2) is 4.79 Å². The van der Waals surface area contributed by atoms with E-state index in [2.05, 4.69) is 10.1 Å². The molecule has 1 saturated heterocycles. The Morgan fingerprint density at radius 3 is 2.16 bits per heavy atom. The minimum Gasteiger partial charge on any atom is -0.480 e. The Balaban J connectivity index is 2.31. The van der Waals surface area contributed by atoms with Gasteiger partial charge in [-0.05, 0) is 12.1 Å². The average molecular weight is 546 g/mol. The Morgan fingerprint density at radius 2 is 1.65 bits per heavy atom. The van der Waals surface area contributed by atoms with Gasteiger partial charge in [0.05, 0.1) is 6.42 Å². The Morgan fingerprint density at radius 1 is 1.05 bits per heavy atom. The minimum atomic E-state index is -3.25. The normalized spacial score (nSPS) is 26.8. The molecule has 14 nitrogen and oxygen atoms in total. The lowest BCUT2D eigenvalue weighted by molar-refractivity contribution is -0.431. The molecule has 1 fully saturated rings. The number of nitrogens with one attached hydrogen (secondary N) is 1. The zero-order valence-electron chi connectivity index (χ0n) is 20.0. The van der Waals surface area contributed by atoms with Crippen molar-refractivity contribution in [1.82, 2.24) is 5.32 Å². The third-order valence-corrected chi connectivity index (χ3v) is 6.11. The van der Waals surface area contributed by atoms with E-state index >= 15 is 0 Å². The van der Waals surface area contributed by atoms with Gasteiger partial charge in [0.15, 0.2) is 6.10 Å². The number of hydrogen-bond donors (Lipinski definition) is 5. The van der Waals surface area contributed by atoms with Crippen LogP contribution in [0.5, 0.6) is 0 Å². The second-order valence-electron chi connectivity index (χ2n) is 7.92. The summed E-state index contributed by atoms with van der Waals surface area (Å²) in [6, 6.07) is 6.33. The van der Waals surface area contributed by atoms with E-state index in [0.717, 1.165) is 20.8 Å². The van der Waals surface area contributed by atoms with E-state index in [9.17, 15) is 44.4 Å². The van der Waals surface area contributed by atoms with Gasteiger partial charge in [-0.3, -0.25) is 19.2 Å². The molecule has 0 saturated carbocycles. The molecular weight excluding hydrogens is 518 g/mol. The molecular formula is C22H27NO13S. The Kier molecular flexibility index (Phi) is 10.00. The maximum absolute atomic E-state index is 12.4. The van der Waals surface area contributed by atoms with E-state index in [0.29, 0.717) is 11.8 Å². The molecule has 0 bridgehead atoms. The van der Waals surface area contributed by atoms with E-state index in [-0.39, 0.29) is 11.3 Å². The van der Waals surface area contributed by atoms with E-state index in [1.807, 2.05) is 0 Å². The molecule has 6 atom stereocenters. The van der Waals surface area contributed by atoms with Crippen molar-refractivity contribution >= 4 is 41.5 Å². The number of benzene rings is 1. The topological polar surface area (TPSA) is 215 Å². The number of thioether (sulfide) groups is 1. The van der Waals surface area contributed by atoms with Crippen LogP contribution in [0.2, 0.25) is 0 Å². The fourth-order valence-electron chi connectivity index (χ4n) is 3.41. The largest absolute Gasteiger partial charge is 0.480 e. The van der Waals surface area contributed by atoms with E-state index in [4.69, 9.17) is 14.2 Å². The molecule has 1 heterocycles. The number of aliphatic hydroxyl groups excluding tert-OH is 1. The first kappa shape index (κ1) is 30.0. The van der Waals surface area contributed by atoms with Gasteiger partial charge >= 0.3 is 29.7 Å². The summed E-state index contributed by atoms with van der Waals surface area (Å²) >= 11 is 0.688. The van der Waals surface area contributed by atoms with Gasteiger partial charge in [0.1, 0.15) is 11.5 Å². The number of aliphatic hydroxyl groups is 3. The summed E-state index contributed by atoms with van der Waals surface area (Å²) in [6.45, 7) is 2.63. The molecule has 0 aliphatic carbocycles. The van der Waals surface area contributed by atoms with Crippen molar-refractivity contribution in [3.8, 4) is 0 Å². The Labute approximate surface area is 214 Å². The van der Waals surface area contributed by atoms with Gasteiger partial charge < -0.3 is 44.7 Å². The monoisotopic (exact) mass is 545 g/mol. The maximum atomic E-state index is 12.4. The van der Waals surface area contributed by atoms with Crippen molar-refractivity contribution in [3.63, 3.8) is 0 Å². The van der Waals surface area contributed by atoms with Crippen molar-refractivity contribution in [1.29, 1.82) is 0 Å². The third-order valence-electron chi connectivity index (χ3n) is 4.93. The fourth-order valence-corrected chi connectivity index (χ4v) is 4.58. The SMILES string of the molecule is CC(=O)OC(O)[C@H]1O[C@H](SC[C@H](NC(=O)c2ccccc2)C(=O)O)C[C@](O)(OC(C)=O)[C@@]1(O)OC(C)=O.